The zero-order valence-electron chi connectivity index (χ0n) is 13.3. The summed E-state index contributed by atoms with van der Waals surface area (Å²) in [6.45, 7) is 4.23. The molecule has 0 fully saturated rings. The topological polar surface area (TPSA) is 72.2 Å². The fourth-order valence-corrected chi connectivity index (χ4v) is 2.49. The van der Waals surface area contributed by atoms with E-state index < -0.39 is 4.92 Å². The molecule has 2 rings (SSSR count). The van der Waals surface area contributed by atoms with E-state index in [1.165, 1.54) is 11.6 Å². The third-order valence-corrected chi connectivity index (χ3v) is 3.94. The van der Waals surface area contributed by atoms with Crippen LogP contribution in [-0.2, 0) is 0 Å². The minimum atomic E-state index is -0.467. The monoisotopic (exact) mass is 312 g/mol. The van der Waals surface area contributed by atoms with Crippen LogP contribution in [-0.4, -0.2) is 17.4 Å². The predicted octanol–water partition coefficient (Wildman–Crippen LogP) is 3.83. The third kappa shape index (κ3) is 4.16. The van der Waals surface area contributed by atoms with Crippen molar-refractivity contribution < 1.29 is 9.72 Å². The number of rotatable bonds is 6. The zero-order valence-corrected chi connectivity index (χ0v) is 13.3. The summed E-state index contributed by atoms with van der Waals surface area (Å²) in [5.74, 6) is -0.0666. The van der Waals surface area contributed by atoms with Crippen LogP contribution in [0.1, 0.15) is 40.7 Å². The fourth-order valence-electron chi connectivity index (χ4n) is 2.49. The van der Waals surface area contributed by atoms with E-state index in [1.807, 2.05) is 30.3 Å². The second-order valence-corrected chi connectivity index (χ2v) is 5.48. The quantitative estimate of drug-likeness (QED) is 0.651. The second kappa shape index (κ2) is 7.54. The number of amides is 1. The highest BCUT2D eigenvalue weighted by atomic mass is 16.6. The highest BCUT2D eigenvalue weighted by Crippen LogP contribution is 2.20. The molecule has 120 valence electrons. The molecule has 0 aromatic heterocycles. The summed E-state index contributed by atoms with van der Waals surface area (Å²) in [4.78, 5) is 22.7. The Morgan fingerprint density at radius 2 is 1.91 bits per heavy atom. The molecule has 0 spiro atoms. The van der Waals surface area contributed by atoms with E-state index >= 15 is 0 Å². The van der Waals surface area contributed by atoms with Crippen LogP contribution in [0, 0.1) is 17.0 Å². The van der Waals surface area contributed by atoms with E-state index in [0.717, 1.165) is 6.42 Å². The standard InChI is InChI=1S/C18H20N2O3/c1-3-14(15-7-5-4-6-8-15)12-19-18(21)16-10-9-13(2)17(11-16)20(22)23/h4-11,14H,3,12H2,1-2H3,(H,19,21)/t14-/m1/s1. The number of nitrogens with zero attached hydrogens (tertiary/aromatic N) is 1. The van der Waals surface area contributed by atoms with Gasteiger partial charge in [-0.25, -0.2) is 0 Å². The minimum absolute atomic E-state index is 0.0345. The van der Waals surface area contributed by atoms with Gasteiger partial charge in [-0.2, -0.15) is 0 Å². The number of carbonyl (C=O) groups is 1. The highest BCUT2D eigenvalue weighted by Gasteiger charge is 2.16. The Kier molecular flexibility index (Phi) is 5.46. The zero-order chi connectivity index (χ0) is 16.8. The average Bonchev–Trinajstić information content (AvgIpc) is 2.56. The van der Waals surface area contributed by atoms with Gasteiger partial charge in [-0.15, -0.1) is 0 Å². The molecule has 23 heavy (non-hydrogen) atoms. The number of nitro benzene ring substituents is 1. The maximum absolute atomic E-state index is 12.2. The maximum atomic E-state index is 12.2. The van der Waals surface area contributed by atoms with Crippen molar-refractivity contribution >= 4 is 11.6 Å². The van der Waals surface area contributed by atoms with Crippen LogP contribution in [0.5, 0.6) is 0 Å². The Bertz CT molecular complexity index is 699. The molecule has 5 heteroatoms. The number of nitrogens with one attached hydrogen (secondary N) is 1. The van der Waals surface area contributed by atoms with Gasteiger partial charge in [-0.3, -0.25) is 14.9 Å². The maximum Gasteiger partial charge on any atom is 0.273 e. The average molecular weight is 312 g/mol. The summed E-state index contributed by atoms with van der Waals surface area (Å²) >= 11 is 0. The molecule has 0 aliphatic heterocycles. The van der Waals surface area contributed by atoms with E-state index in [2.05, 4.69) is 12.2 Å². The van der Waals surface area contributed by atoms with Gasteiger partial charge in [0.05, 0.1) is 4.92 Å². The van der Waals surface area contributed by atoms with E-state index in [1.54, 1.807) is 19.1 Å². The fraction of sp³-hybridized carbons (Fsp3) is 0.278. The van der Waals surface area contributed by atoms with Crippen molar-refractivity contribution in [2.75, 3.05) is 6.54 Å². The van der Waals surface area contributed by atoms with E-state index in [4.69, 9.17) is 0 Å². The van der Waals surface area contributed by atoms with Crippen molar-refractivity contribution in [2.24, 2.45) is 0 Å². The Morgan fingerprint density at radius 3 is 2.52 bits per heavy atom. The lowest BCUT2D eigenvalue weighted by Crippen LogP contribution is -2.28. The Morgan fingerprint density at radius 1 is 1.22 bits per heavy atom. The van der Waals surface area contributed by atoms with E-state index in [9.17, 15) is 14.9 Å². The first-order chi connectivity index (χ1) is 11.0. The molecule has 0 aliphatic rings. The lowest BCUT2D eigenvalue weighted by atomic mass is 9.96. The molecule has 0 radical (unpaired) electrons. The van der Waals surface area contributed by atoms with Crippen LogP contribution >= 0.6 is 0 Å². The van der Waals surface area contributed by atoms with Crippen LogP contribution in [0.4, 0.5) is 5.69 Å². The molecular weight excluding hydrogens is 292 g/mol. The molecular formula is C18H20N2O3. The van der Waals surface area contributed by atoms with Crippen molar-refractivity contribution in [1.29, 1.82) is 0 Å². The molecule has 1 atom stereocenters. The summed E-state index contributed by atoms with van der Waals surface area (Å²) in [5, 5.41) is 13.8. The van der Waals surface area contributed by atoms with Gasteiger partial charge < -0.3 is 5.32 Å². The number of hydrogen-bond donors (Lipinski definition) is 1. The molecule has 0 heterocycles. The van der Waals surface area contributed by atoms with Crippen molar-refractivity contribution in [2.45, 2.75) is 26.2 Å². The summed E-state index contributed by atoms with van der Waals surface area (Å²) < 4.78 is 0. The van der Waals surface area contributed by atoms with Gasteiger partial charge in [0.25, 0.3) is 11.6 Å². The lowest BCUT2D eigenvalue weighted by Gasteiger charge is -2.16. The van der Waals surface area contributed by atoms with E-state index in [-0.39, 0.29) is 17.5 Å². The SMILES string of the molecule is CC[C@H](CNC(=O)c1ccc(C)c([N+](=O)[O-])c1)c1ccccc1. The third-order valence-electron chi connectivity index (χ3n) is 3.94. The molecule has 2 aromatic rings. The van der Waals surface area contributed by atoms with Crippen LogP contribution in [0.3, 0.4) is 0 Å². The first-order valence-electron chi connectivity index (χ1n) is 7.61. The largest absolute Gasteiger partial charge is 0.351 e. The Labute approximate surface area is 135 Å². The molecule has 0 saturated carbocycles. The molecule has 0 aliphatic carbocycles. The molecule has 0 unspecified atom stereocenters. The van der Waals surface area contributed by atoms with Gasteiger partial charge in [0, 0.05) is 29.7 Å². The molecule has 5 nitrogen and oxygen atoms in total. The van der Waals surface area contributed by atoms with E-state index in [0.29, 0.717) is 17.7 Å². The predicted molar refractivity (Wildman–Crippen MR) is 89.6 cm³/mol. The summed E-state index contributed by atoms with van der Waals surface area (Å²) in [6, 6.07) is 14.5. The van der Waals surface area contributed by atoms with Gasteiger partial charge in [-0.05, 0) is 25.0 Å². The number of nitro groups is 1. The van der Waals surface area contributed by atoms with Crippen molar-refractivity contribution in [1.82, 2.24) is 5.32 Å². The van der Waals surface area contributed by atoms with Gasteiger partial charge in [0.15, 0.2) is 0 Å². The number of carbonyl (C=O) groups excluding carboxylic acids is 1. The second-order valence-electron chi connectivity index (χ2n) is 5.48. The van der Waals surface area contributed by atoms with Gasteiger partial charge in [-0.1, -0.05) is 43.3 Å². The smallest absolute Gasteiger partial charge is 0.273 e. The molecule has 2 aromatic carbocycles. The molecule has 1 amide bonds. The van der Waals surface area contributed by atoms with Gasteiger partial charge in [0.2, 0.25) is 0 Å². The normalized spacial score (nSPS) is 11.7. The van der Waals surface area contributed by atoms with Crippen LogP contribution in [0.15, 0.2) is 48.5 Å². The Hall–Kier alpha value is -2.69. The van der Waals surface area contributed by atoms with Crippen LogP contribution in [0.2, 0.25) is 0 Å². The van der Waals surface area contributed by atoms with Crippen molar-refractivity contribution in [3.8, 4) is 0 Å². The van der Waals surface area contributed by atoms with Crippen molar-refractivity contribution in [3.63, 3.8) is 0 Å². The van der Waals surface area contributed by atoms with Gasteiger partial charge in [0.1, 0.15) is 0 Å². The molecule has 0 bridgehead atoms. The van der Waals surface area contributed by atoms with Gasteiger partial charge >= 0.3 is 0 Å². The lowest BCUT2D eigenvalue weighted by molar-refractivity contribution is -0.385. The number of aryl methyl sites for hydroxylation is 1. The number of benzene rings is 2. The summed E-state index contributed by atoms with van der Waals surface area (Å²) in [5.41, 5.74) is 1.99. The molecule has 0 saturated heterocycles. The first-order valence-corrected chi connectivity index (χ1v) is 7.61. The van der Waals surface area contributed by atoms with Crippen LogP contribution in [0.25, 0.3) is 0 Å². The Balaban J connectivity index is 2.07. The summed E-state index contributed by atoms with van der Waals surface area (Å²) in [6.07, 6.45) is 0.901. The first kappa shape index (κ1) is 16.7. The van der Waals surface area contributed by atoms with Crippen LogP contribution < -0.4 is 5.32 Å². The highest BCUT2D eigenvalue weighted by molar-refractivity contribution is 5.95. The minimum Gasteiger partial charge on any atom is -0.351 e. The van der Waals surface area contributed by atoms with Crippen molar-refractivity contribution in [3.05, 3.63) is 75.3 Å². The molecule has 1 N–H and O–H groups in total. The summed E-state index contributed by atoms with van der Waals surface area (Å²) in [7, 11) is 0. The number of hydrogen-bond acceptors (Lipinski definition) is 3.